The average Bonchev–Trinajstić information content (AvgIpc) is 2.66. The van der Waals surface area contributed by atoms with Gasteiger partial charge in [-0.25, -0.2) is 0 Å². The lowest BCUT2D eigenvalue weighted by Gasteiger charge is -2.32. The number of hydrogen-bond acceptors (Lipinski definition) is 4. The largest absolute Gasteiger partial charge is 0.368 e. The Bertz CT molecular complexity index is 379. The third-order valence-corrected chi connectivity index (χ3v) is 5.00. The summed E-state index contributed by atoms with van der Waals surface area (Å²) in [5, 5.41) is 2.79. The van der Waals surface area contributed by atoms with E-state index < -0.39 is 11.6 Å². The van der Waals surface area contributed by atoms with Crippen molar-refractivity contribution in [2.75, 3.05) is 6.61 Å². The lowest BCUT2D eigenvalue weighted by molar-refractivity contribution is -0.130. The molecular weight excluding hydrogens is 256 g/mol. The fourth-order valence-corrected chi connectivity index (χ4v) is 2.43. The highest BCUT2D eigenvalue weighted by Gasteiger charge is 2.46. The van der Waals surface area contributed by atoms with Crippen LogP contribution < -0.4 is 11.1 Å². The fourth-order valence-electron chi connectivity index (χ4n) is 2.43. The maximum atomic E-state index is 12.3. The molecule has 1 heterocycles. The molecule has 0 aromatic carbocycles. The number of nitrogens with two attached hydrogens (primary N) is 1. The molecule has 5 nitrogen and oxygen atoms in total. The number of nitrogens with one attached hydrogen (secondary N) is 1. The quantitative estimate of drug-likeness (QED) is 0.772. The number of amides is 1. The Morgan fingerprint density at radius 2 is 2.10 bits per heavy atom. The van der Waals surface area contributed by atoms with Crippen LogP contribution in [0.2, 0.25) is 0 Å². The Labute approximate surface area is 121 Å². The average molecular weight is 284 g/mol. The van der Waals surface area contributed by atoms with Crippen LogP contribution >= 0.6 is 0 Å². The monoisotopic (exact) mass is 284 g/mol. The van der Waals surface area contributed by atoms with Crippen molar-refractivity contribution >= 4 is 11.7 Å². The number of rotatable bonds is 6. The van der Waals surface area contributed by atoms with E-state index in [4.69, 9.17) is 10.5 Å². The zero-order chi connectivity index (χ0) is 15.6. The zero-order valence-electron chi connectivity index (χ0n) is 13.3. The van der Waals surface area contributed by atoms with E-state index in [9.17, 15) is 9.59 Å². The van der Waals surface area contributed by atoms with Gasteiger partial charge in [0.1, 0.15) is 12.1 Å². The first-order valence-corrected chi connectivity index (χ1v) is 7.41. The van der Waals surface area contributed by atoms with Crippen molar-refractivity contribution in [2.45, 2.75) is 71.6 Å². The molecule has 0 bridgehead atoms. The Morgan fingerprint density at radius 3 is 2.50 bits per heavy atom. The number of ketones is 1. The number of Topliss-reactive ketones (excluding diaryl/α,β-unsaturated/α-hetero) is 1. The molecule has 0 saturated carbocycles. The van der Waals surface area contributed by atoms with Crippen molar-refractivity contribution < 1.29 is 14.3 Å². The van der Waals surface area contributed by atoms with Crippen LogP contribution in [-0.2, 0) is 14.3 Å². The molecule has 0 aromatic rings. The van der Waals surface area contributed by atoms with Crippen molar-refractivity contribution in [2.24, 2.45) is 11.1 Å². The van der Waals surface area contributed by atoms with Crippen LogP contribution in [0.25, 0.3) is 0 Å². The molecule has 1 amide bonds. The van der Waals surface area contributed by atoms with E-state index in [1.165, 1.54) is 0 Å². The number of hydrogen-bond donors (Lipinski definition) is 2. The molecule has 1 saturated heterocycles. The van der Waals surface area contributed by atoms with Gasteiger partial charge in [-0.05, 0) is 25.7 Å². The van der Waals surface area contributed by atoms with Crippen LogP contribution in [0, 0.1) is 5.41 Å². The first-order chi connectivity index (χ1) is 9.18. The van der Waals surface area contributed by atoms with Crippen molar-refractivity contribution in [3.63, 3.8) is 0 Å². The van der Waals surface area contributed by atoms with E-state index in [0.29, 0.717) is 6.42 Å². The van der Waals surface area contributed by atoms with Gasteiger partial charge in [0.25, 0.3) is 0 Å². The molecule has 1 aliphatic heterocycles. The summed E-state index contributed by atoms with van der Waals surface area (Å²) in [5.74, 6) is -0.370. The van der Waals surface area contributed by atoms with Crippen LogP contribution in [-0.4, -0.2) is 36.0 Å². The molecule has 1 aliphatic rings. The molecule has 0 aromatic heterocycles. The van der Waals surface area contributed by atoms with Crippen LogP contribution in [0.15, 0.2) is 0 Å². The van der Waals surface area contributed by atoms with Gasteiger partial charge in [-0.3, -0.25) is 9.59 Å². The van der Waals surface area contributed by atoms with Crippen LogP contribution in [0.3, 0.4) is 0 Å². The summed E-state index contributed by atoms with van der Waals surface area (Å²) >= 11 is 0. The van der Waals surface area contributed by atoms with Gasteiger partial charge >= 0.3 is 0 Å². The minimum Gasteiger partial charge on any atom is -0.368 e. The molecule has 0 spiro atoms. The van der Waals surface area contributed by atoms with E-state index >= 15 is 0 Å². The summed E-state index contributed by atoms with van der Waals surface area (Å²) < 4.78 is 5.30. The SMILES string of the molecule is CCC(C)(CC)CC(N)C(=O)NC1(C)C(=O)COC1C. The molecule has 3 atom stereocenters. The molecule has 1 fully saturated rings. The molecule has 5 heteroatoms. The van der Waals surface area contributed by atoms with Gasteiger partial charge in [0.05, 0.1) is 12.1 Å². The summed E-state index contributed by atoms with van der Waals surface area (Å²) in [5.41, 5.74) is 5.12. The van der Waals surface area contributed by atoms with E-state index in [1.54, 1.807) is 13.8 Å². The molecular formula is C15H28N2O3. The molecule has 20 heavy (non-hydrogen) atoms. The Hall–Kier alpha value is -0.940. The Kier molecular flexibility index (Phi) is 5.33. The normalized spacial score (nSPS) is 28.5. The van der Waals surface area contributed by atoms with Crippen molar-refractivity contribution in [1.29, 1.82) is 0 Å². The maximum absolute atomic E-state index is 12.3. The summed E-state index contributed by atoms with van der Waals surface area (Å²) in [6.07, 6.45) is 2.24. The van der Waals surface area contributed by atoms with E-state index in [-0.39, 0.29) is 29.8 Å². The standard InChI is InChI=1S/C15H28N2O3/c1-6-14(4,7-2)8-11(16)13(19)17-15(5)10(3)20-9-12(15)18/h10-11H,6-9,16H2,1-5H3,(H,17,19). The molecule has 1 rings (SSSR count). The van der Waals surface area contributed by atoms with E-state index in [0.717, 1.165) is 12.8 Å². The van der Waals surface area contributed by atoms with Crippen LogP contribution in [0.1, 0.15) is 53.9 Å². The van der Waals surface area contributed by atoms with E-state index in [2.05, 4.69) is 26.1 Å². The topological polar surface area (TPSA) is 81.4 Å². The van der Waals surface area contributed by atoms with Crippen molar-refractivity contribution in [3.8, 4) is 0 Å². The molecule has 116 valence electrons. The molecule has 0 radical (unpaired) electrons. The predicted molar refractivity (Wildman–Crippen MR) is 78.3 cm³/mol. The van der Waals surface area contributed by atoms with Gasteiger partial charge in [-0.1, -0.05) is 33.6 Å². The van der Waals surface area contributed by atoms with Crippen LogP contribution in [0.5, 0.6) is 0 Å². The second-order valence-corrected chi connectivity index (χ2v) is 6.40. The van der Waals surface area contributed by atoms with Crippen molar-refractivity contribution in [3.05, 3.63) is 0 Å². The smallest absolute Gasteiger partial charge is 0.237 e. The number of ether oxygens (including phenoxy) is 1. The fraction of sp³-hybridized carbons (Fsp3) is 0.867. The van der Waals surface area contributed by atoms with Gasteiger partial charge in [0.2, 0.25) is 5.91 Å². The minimum atomic E-state index is -0.955. The van der Waals surface area contributed by atoms with Crippen LogP contribution in [0.4, 0.5) is 0 Å². The lowest BCUT2D eigenvalue weighted by atomic mass is 9.78. The van der Waals surface area contributed by atoms with Gasteiger partial charge in [0, 0.05) is 0 Å². The summed E-state index contributed by atoms with van der Waals surface area (Å²) in [7, 11) is 0. The number of carbonyl (C=O) groups excluding carboxylic acids is 2. The number of carbonyl (C=O) groups is 2. The third kappa shape index (κ3) is 3.38. The molecule has 3 N–H and O–H groups in total. The van der Waals surface area contributed by atoms with Gasteiger partial charge < -0.3 is 15.8 Å². The zero-order valence-corrected chi connectivity index (χ0v) is 13.3. The molecule has 3 unspecified atom stereocenters. The predicted octanol–water partition coefficient (Wildman–Crippen LogP) is 1.39. The highest BCUT2D eigenvalue weighted by molar-refractivity contribution is 5.96. The van der Waals surface area contributed by atoms with Gasteiger partial charge in [0.15, 0.2) is 5.78 Å². The van der Waals surface area contributed by atoms with E-state index in [1.807, 2.05) is 0 Å². The summed E-state index contributed by atoms with van der Waals surface area (Å²) in [6.45, 7) is 9.89. The second kappa shape index (κ2) is 6.22. The molecule has 0 aliphatic carbocycles. The van der Waals surface area contributed by atoms with Gasteiger partial charge in [-0.2, -0.15) is 0 Å². The highest BCUT2D eigenvalue weighted by Crippen LogP contribution is 2.31. The van der Waals surface area contributed by atoms with Crippen molar-refractivity contribution in [1.82, 2.24) is 5.32 Å². The first kappa shape index (κ1) is 17.1. The Balaban J connectivity index is 2.69. The first-order valence-electron chi connectivity index (χ1n) is 7.41. The highest BCUT2D eigenvalue weighted by atomic mass is 16.5. The Morgan fingerprint density at radius 1 is 1.55 bits per heavy atom. The van der Waals surface area contributed by atoms with Gasteiger partial charge in [-0.15, -0.1) is 0 Å². The maximum Gasteiger partial charge on any atom is 0.237 e. The summed E-state index contributed by atoms with van der Waals surface area (Å²) in [6, 6.07) is -0.600. The third-order valence-electron chi connectivity index (χ3n) is 5.00. The summed E-state index contributed by atoms with van der Waals surface area (Å²) in [4.78, 5) is 24.1. The minimum absolute atomic E-state index is 0.0504. The lowest BCUT2D eigenvalue weighted by Crippen LogP contribution is -2.59. The second-order valence-electron chi connectivity index (χ2n) is 6.40.